The van der Waals surface area contributed by atoms with Crippen molar-refractivity contribution in [2.75, 3.05) is 12.3 Å². The fraction of sp³-hybridized carbons (Fsp3) is 0.438. The lowest BCUT2D eigenvalue weighted by molar-refractivity contribution is 0.129. The number of anilines is 1. The summed E-state index contributed by atoms with van der Waals surface area (Å²) in [4.78, 5) is 0. The Labute approximate surface area is 125 Å². The van der Waals surface area contributed by atoms with Crippen molar-refractivity contribution in [2.24, 2.45) is 0 Å². The third-order valence-electron chi connectivity index (χ3n) is 3.16. The summed E-state index contributed by atoms with van der Waals surface area (Å²) in [5.41, 5.74) is 7.79. The van der Waals surface area contributed by atoms with Crippen molar-refractivity contribution in [3.05, 3.63) is 36.0 Å². The molecule has 0 aliphatic carbocycles. The molecule has 0 amide bonds. The van der Waals surface area contributed by atoms with Gasteiger partial charge in [0.15, 0.2) is 0 Å². The standard InChI is InChI=1S/C16H23N3O2/c1-11(10-20)21-13-7-5-6-12(8-13)19-15(17)9-14(18-19)16(2,3)4/h5-9,11,20H,10,17H2,1-4H3. The van der Waals surface area contributed by atoms with E-state index in [2.05, 4.69) is 25.9 Å². The van der Waals surface area contributed by atoms with Gasteiger partial charge < -0.3 is 15.6 Å². The van der Waals surface area contributed by atoms with Crippen molar-refractivity contribution >= 4 is 5.82 Å². The lowest BCUT2D eigenvalue weighted by atomic mass is 9.92. The number of nitrogens with zero attached hydrogens (tertiary/aromatic N) is 2. The van der Waals surface area contributed by atoms with Crippen LogP contribution in [-0.4, -0.2) is 27.6 Å². The molecular weight excluding hydrogens is 266 g/mol. The SMILES string of the molecule is CC(CO)Oc1cccc(-n2nc(C(C)(C)C)cc2N)c1. The average molecular weight is 289 g/mol. The second-order valence-electron chi connectivity index (χ2n) is 6.22. The molecule has 0 bridgehead atoms. The summed E-state index contributed by atoms with van der Waals surface area (Å²) >= 11 is 0. The van der Waals surface area contributed by atoms with E-state index in [9.17, 15) is 0 Å². The maximum absolute atomic E-state index is 9.06. The summed E-state index contributed by atoms with van der Waals surface area (Å²) in [6.45, 7) is 8.08. The summed E-state index contributed by atoms with van der Waals surface area (Å²) in [6.07, 6.45) is -0.250. The van der Waals surface area contributed by atoms with Gasteiger partial charge in [-0.1, -0.05) is 26.8 Å². The quantitative estimate of drug-likeness (QED) is 0.907. The third-order valence-corrected chi connectivity index (χ3v) is 3.16. The fourth-order valence-corrected chi connectivity index (χ4v) is 1.93. The van der Waals surface area contributed by atoms with E-state index in [1.807, 2.05) is 37.3 Å². The number of benzene rings is 1. The molecule has 21 heavy (non-hydrogen) atoms. The number of hydrogen-bond acceptors (Lipinski definition) is 4. The molecule has 3 N–H and O–H groups in total. The van der Waals surface area contributed by atoms with Crippen LogP contribution < -0.4 is 10.5 Å². The zero-order valence-corrected chi connectivity index (χ0v) is 13.0. The Kier molecular flexibility index (Phi) is 4.23. The van der Waals surface area contributed by atoms with E-state index in [1.165, 1.54) is 0 Å². The first kappa shape index (κ1) is 15.4. The van der Waals surface area contributed by atoms with Gasteiger partial charge in [0.1, 0.15) is 17.7 Å². The van der Waals surface area contributed by atoms with E-state index in [1.54, 1.807) is 4.68 Å². The van der Waals surface area contributed by atoms with Crippen molar-refractivity contribution in [1.82, 2.24) is 9.78 Å². The van der Waals surface area contributed by atoms with Crippen LogP contribution >= 0.6 is 0 Å². The van der Waals surface area contributed by atoms with E-state index in [0.29, 0.717) is 11.6 Å². The minimum Gasteiger partial charge on any atom is -0.488 e. The van der Waals surface area contributed by atoms with Crippen LogP contribution in [0.25, 0.3) is 5.69 Å². The van der Waals surface area contributed by atoms with Crippen LogP contribution in [-0.2, 0) is 5.41 Å². The van der Waals surface area contributed by atoms with Gasteiger partial charge in [0.2, 0.25) is 0 Å². The van der Waals surface area contributed by atoms with Crippen LogP contribution in [0.3, 0.4) is 0 Å². The molecule has 0 saturated carbocycles. The molecule has 0 saturated heterocycles. The van der Waals surface area contributed by atoms with Crippen molar-refractivity contribution in [2.45, 2.75) is 39.2 Å². The first-order valence-corrected chi connectivity index (χ1v) is 7.05. The molecule has 1 unspecified atom stereocenters. The number of aliphatic hydroxyl groups is 1. The van der Waals surface area contributed by atoms with E-state index >= 15 is 0 Å². The normalized spacial score (nSPS) is 13.2. The molecule has 1 heterocycles. The molecular formula is C16H23N3O2. The molecule has 0 fully saturated rings. The predicted molar refractivity (Wildman–Crippen MR) is 83.9 cm³/mol. The first-order valence-electron chi connectivity index (χ1n) is 7.05. The molecule has 1 aromatic carbocycles. The van der Waals surface area contributed by atoms with Gasteiger partial charge in [-0.25, -0.2) is 4.68 Å². The van der Waals surface area contributed by atoms with Gasteiger partial charge in [-0.05, 0) is 19.1 Å². The Morgan fingerprint density at radius 1 is 1.33 bits per heavy atom. The Morgan fingerprint density at radius 2 is 2.05 bits per heavy atom. The Bertz CT molecular complexity index is 614. The van der Waals surface area contributed by atoms with Gasteiger partial charge in [-0.15, -0.1) is 0 Å². The highest BCUT2D eigenvalue weighted by Crippen LogP contribution is 2.26. The second kappa shape index (κ2) is 5.77. The van der Waals surface area contributed by atoms with Crippen molar-refractivity contribution < 1.29 is 9.84 Å². The van der Waals surface area contributed by atoms with Crippen LogP contribution in [0.15, 0.2) is 30.3 Å². The summed E-state index contributed by atoms with van der Waals surface area (Å²) in [7, 11) is 0. The fourth-order valence-electron chi connectivity index (χ4n) is 1.93. The van der Waals surface area contributed by atoms with Crippen LogP contribution in [0.2, 0.25) is 0 Å². The summed E-state index contributed by atoms with van der Waals surface area (Å²) in [5.74, 6) is 1.27. The highest BCUT2D eigenvalue weighted by Gasteiger charge is 2.19. The zero-order valence-electron chi connectivity index (χ0n) is 13.0. The average Bonchev–Trinajstić information content (AvgIpc) is 2.81. The number of rotatable bonds is 4. The van der Waals surface area contributed by atoms with Gasteiger partial charge in [0, 0.05) is 17.5 Å². The van der Waals surface area contributed by atoms with Crippen LogP contribution in [0.1, 0.15) is 33.4 Å². The van der Waals surface area contributed by atoms with E-state index in [0.717, 1.165) is 11.4 Å². The molecule has 5 nitrogen and oxygen atoms in total. The van der Waals surface area contributed by atoms with Crippen molar-refractivity contribution in [3.8, 4) is 11.4 Å². The number of hydrogen-bond donors (Lipinski definition) is 2. The maximum atomic E-state index is 9.06. The van der Waals surface area contributed by atoms with E-state index in [4.69, 9.17) is 15.6 Å². The van der Waals surface area contributed by atoms with Crippen LogP contribution in [0, 0.1) is 0 Å². The number of ether oxygens (including phenoxy) is 1. The predicted octanol–water partition coefficient (Wildman–Crippen LogP) is 2.51. The van der Waals surface area contributed by atoms with Crippen LogP contribution in [0.5, 0.6) is 5.75 Å². The van der Waals surface area contributed by atoms with Gasteiger partial charge >= 0.3 is 0 Å². The molecule has 2 rings (SSSR count). The minimum atomic E-state index is -0.250. The number of aliphatic hydroxyl groups excluding tert-OH is 1. The number of nitrogens with two attached hydrogens (primary N) is 1. The number of aromatic nitrogens is 2. The number of nitrogen functional groups attached to an aromatic ring is 1. The summed E-state index contributed by atoms with van der Waals surface area (Å²) in [6, 6.07) is 9.41. The minimum absolute atomic E-state index is 0.0255. The lowest BCUT2D eigenvalue weighted by Gasteiger charge is -2.15. The topological polar surface area (TPSA) is 73.3 Å². The van der Waals surface area contributed by atoms with Gasteiger partial charge in [-0.3, -0.25) is 0 Å². The Balaban J connectivity index is 2.34. The Hall–Kier alpha value is -2.01. The summed E-state index contributed by atoms with van der Waals surface area (Å²) in [5, 5.41) is 13.6. The van der Waals surface area contributed by atoms with E-state index in [-0.39, 0.29) is 18.1 Å². The monoisotopic (exact) mass is 289 g/mol. The molecule has 5 heteroatoms. The highest BCUT2D eigenvalue weighted by molar-refractivity contribution is 5.46. The Morgan fingerprint density at radius 3 is 2.62 bits per heavy atom. The molecule has 1 aromatic heterocycles. The molecule has 0 aliphatic heterocycles. The van der Waals surface area contributed by atoms with Gasteiger partial charge in [0.05, 0.1) is 18.0 Å². The maximum Gasteiger partial charge on any atom is 0.127 e. The second-order valence-corrected chi connectivity index (χ2v) is 6.22. The van der Waals surface area contributed by atoms with Crippen molar-refractivity contribution in [1.29, 1.82) is 0 Å². The molecule has 0 spiro atoms. The molecule has 2 aromatic rings. The third kappa shape index (κ3) is 3.55. The van der Waals surface area contributed by atoms with E-state index < -0.39 is 0 Å². The zero-order chi connectivity index (χ0) is 15.6. The van der Waals surface area contributed by atoms with Gasteiger partial charge in [0.25, 0.3) is 0 Å². The lowest BCUT2D eigenvalue weighted by Crippen LogP contribution is -2.16. The summed E-state index contributed by atoms with van der Waals surface area (Å²) < 4.78 is 7.31. The largest absolute Gasteiger partial charge is 0.488 e. The van der Waals surface area contributed by atoms with Crippen molar-refractivity contribution in [3.63, 3.8) is 0 Å². The smallest absolute Gasteiger partial charge is 0.127 e. The van der Waals surface area contributed by atoms with Crippen LogP contribution in [0.4, 0.5) is 5.82 Å². The molecule has 114 valence electrons. The first-order chi connectivity index (χ1) is 9.81. The molecule has 1 atom stereocenters. The molecule has 0 radical (unpaired) electrons. The van der Waals surface area contributed by atoms with Gasteiger partial charge in [-0.2, -0.15) is 5.10 Å². The molecule has 0 aliphatic rings. The highest BCUT2D eigenvalue weighted by atomic mass is 16.5.